The first-order valence-corrected chi connectivity index (χ1v) is 6.78. The van der Waals surface area contributed by atoms with Gasteiger partial charge in [0.1, 0.15) is 0 Å². The topological polar surface area (TPSA) is 24.4 Å². The minimum absolute atomic E-state index is 0.634. The number of rotatable bonds is 2. The second-order valence-electron chi connectivity index (χ2n) is 5.14. The molecule has 1 aliphatic heterocycles. The monoisotopic (exact) mass is 228 g/mol. The summed E-state index contributed by atoms with van der Waals surface area (Å²) in [4.78, 5) is 4.64. The van der Waals surface area contributed by atoms with Crippen LogP contribution in [0.2, 0.25) is 0 Å². The van der Waals surface area contributed by atoms with Gasteiger partial charge in [0.05, 0.1) is 5.84 Å². The molecule has 1 saturated carbocycles. The fraction of sp³-hybridized carbons (Fsp3) is 0.533. The summed E-state index contributed by atoms with van der Waals surface area (Å²) in [5, 5.41) is 3.63. The lowest BCUT2D eigenvalue weighted by atomic mass is 10.1. The number of benzene rings is 1. The van der Waals surface area contributed by atoms with Crippen LogP contribution in [0, 0.1) is 0 Å². The summed E-state index contributed by atoms with van der Waals surface area (Å²) in [7, 11) is 0. The minimum atomic E-state index is 0.634. The van der Waals surface area contributed by atoms with Crippen molar-refractivity contribution in [1.29, 1.82) is 0 Å². The Morgan fingerprint density at radius 3 is 2.82 bits per heavy atom. The fourth-order valence-electron chi connectivity index (χ4n) is 2.63. The average Bonchev–Trinajstić information content (AvgIpc) is 3.16. The van der Waals surface area contributed by atoms with Gasteiger partial charge in [0.2, 0.25) is 0 Å². The first-order chi connectivity index (χ1) is 8.43. The lowest BCUT2D eigenvalue weighted by Gasteiger charge is -2.07. The van der Waals surface area contributed by atoms with Crippen molar-refractivity contribution in [2.24, 2.45) is 4.99 Å². The lowest BCUT2D eigenvalue weighted by Crippen LogP contribution is -2.26. The summed E-state index contributed by atoms with van der Waals surface area (Å²) < 4.78 is 0. The lowest BCUT2D eigenvalue weighted by molar-refractivity contribution is 0.727. The maximum absolute atomic E-state index is 4.64. The molecule has 0 bridgehead atoms. The first-order valence-electron chi connectivity index (χ1n) is 6.78. The van der Waals surface area contributed by atoms with E-state index < -0.39 is 0 Å². The average molecular weight is 228 g/mol. The van der Waals surface area contributed by atoms with E-state index in [0.717, 1.165) is 13.0 Å². The van der Waals surface area contributed by atoms with Crippen LogP contribution in [0.3, 0.4) is 0 Å². The van der Waals surface area contributed by atoms with E-state index in [2.05, 4.69) is 40.6 Å². The van der Waals surface area contributed by atoms with E-state index >= 15 is 0 Å². The molecule has 1 N–H and O–H groups in total. The number of amidine groups is 1. The van der Waals surface area contributed by atoms with Crippen molar-refractivity contribution in [2.45, 2.75) is 44.1 Å². The molecule has 0 saturated heterocycles. The number of aliphatic imine (C=N–C) groups is 1. The summed E-state index contributed by atoms with van der Waals surface area (Å²) >= 11 is 0. The Kier molecular flexibility index (Phi) is 3.12. The number of hydrogen-bond acceptors (Lipinski definition) is 2. The van der Waals surface area contributed by atoms with Crippen molar-refractivity contribution < 1.29 is 0 Å². The van der Waals surface area contributed by atoms with Crippen molar-refractivity contribution in [1.82, 2.24) is 5.32 Å². The second-order valence-corrected chi connectivity index (χ2v) is 5.14. The van der Waals surface area contributed by atoms with E-state index in [1.807, 2.05) is 0 Å². The van der Waals surface area contributed by atoms with E-state index in [4.69, 9.17) is 0 Å². The van der Waals surface area contributed by atoms with Crippen LogP contribution in [-0.4, -0.2) is 18.4 Å². The fourth-order valence-corrected chi connectivity index (χ4v) is 2.63. The zero-order chi connectivity index (χ0) is 11.5. The van der Waals surface area contributed by atoms with Crippen LogP contribution in [0.25, 0.3) is 0 Å². The molecule has 1 aromatic carbocycles. The number of nitrogens with zero attached hydrogens (tertiary/aromatic N) is 1. The molecule has 3 rings (SSSR count). The van der Waals surface area contributed by atoms with Gasteiger partial charge in [0.15, 0.2) is 0 Å². The van der Waals surface area contributed by atoms with Crippen molar-refractivity contribution in [3.8, 4) is 0 Å². The third kappa shape index (κ3) is 2.68. The molecule has 2 atom stereocenters. The molecule has 0 unspecified atom stereocenters. The highest BCUT2D eigenvalue weighted by Crippen LogP contribution is 2.40. The molecule has 1 aliphatic carbocycles. The highest BCUT2D eigenvalue weighted by atomic mass is 15.1. The van der Waals surface area contributed by atoms with Crippen LogP contribution < -0.4 is 5.32 Å². The zero-order valence-electron chi connectivity index (χ0n) is 10.2. The van der Waals surface area contributed by atoms with E-state index in [1.54, 1.807) is 0 Å². The first kappa shape index (κ1) is 10.8. The molecular formula is C15H20N2. The smallest absolute Gasteiger partial charge is 0.0965 e. The van der Waals surface area contributed by atoms with Gasteiger partial charge in [-0.3, -0.25) is 4.99 Å². The van der Waals surface area contributed by atoms with Crippen molar-refractivity contribution in [3.63, 3.8) is 0 Å². The van der Waals surface area contributed by atoms with Crippen LogP contribution in [0.4, 0.5) is 0 Å². The minimum Gasteiger partial charge on any atom is -0.370 e. The van der Waals surface area contributed by atoms with Gasteiger partial charge in [-0.05, 0) is 24.8 Å². The predicted molar refractivity (Wildman–Crippen MR) is 71.5 cm³/mol. The number of nitrogens with one attached hydrogen (secondary N) is 1. The van der Waals surface area contributed by atoms with Crippen molar-refractivity contribution >= 4 is 5.84 Å². The molecule has 1 aromatic rings. The van der Waals surface area contributed by atoms with E-state index in [1.165, 1.54) is 37.1 Å². The Bertz CT molecular complexity index is 397. The van der Waals surface area contributed by atoms with E-state index in [0.29, 0.717) is 12.0 Å². The molecule has 0 spiro atoms. The largest absolute Gasteiger partial charge is 0.370 e. The SMILES string of the molecule is c1ccc([C@@H]2C[C@H]2NC2=NCCCCC2)cc1. The molecule has 1 heterocycles. The standard InChI is InChI=1S/C15H20N2/c1-3-7-12(8-4-1)13-11-14(13)17-15-9-5-2-6-10-16-15/h1,3-4,7-8,13-14H,2,5-6,9-11H2,(H,16,17)/t13-,14+/m0/s1. The molecule has 2 nitrogen and oxygen atoms in total. The Morgan fingerprint density at radius 2 is 1.94 bits per heavy atom. The maximum Gasteiger partial charge on any atom is 0.0965 e. The van der Waals surface area contributed by atoms with Crippen LogP contribution in [0.1, 0.15) is 43.6 Å². The normalized spacial score (nSPS) is 28.1. The zero-order valence-corrected chi connectivity index (χ0v) is 10.2. The van der Waals surface area contributed by atoms with Gasteiger partial charge in [-0.25, -0.2) is 0 Å². The van der Waals surface area contributed by atoms with Gasteiger partial charge in [0.25, 0.3) is 0 Å². The molecule has 2 heteroatoms. The summed E-state index contributed by atoms with van der Waals surface area (Å²) in [5.41, 5.74) is 1.47. The molecule has 0 aromatic heterocycles. The van der Waals surface area contributed by atoms with Gasteiger partial charge in [0, 0.05) is 24.9 Å². The van der Waals surface area contributed by atoms with E-state index in [-0.39, 0.29) is 0 Å². The van der Waals surface area contributed by atoms with Gasteiger partial charge in [-0.15, -0.1) is 0 Å². The highest BCUT2D eigenvalue weighted by Gasteiger charge is 2.38. The van der Waals surface area contributed by atoms with Crippen LogP contribution in [0.15, 0.2) is 35.3 Å². The number of hydrogen-bond donors (Lipinski definition) is 1. The third-order valence-corrected chi connectivity index (χ3v) is 3.74. The molecule has 0 amide bonds. The Labute approximate surface area is 103 Å². The van der Waals surface area contributed by atoms with Gasteiger partial charge < -0.3 is 5.32 Å². The van der Waals surface area contributed by atoms with Crippen LogP contribution in [-0.2, 0) is 0 Å². The highest BCUT2D eigenvalue weighted by molar-refractivity contribution is 5.83. The predicted octanol–water partition coefficient (Wildman–Crippen LogP) is 3.10. The Balaban J connectivity index is 1.57. The third-order valence-electron chi connectivity index (χ3n) is 3.74. The molecular weight excluding hydrogens is 208 g/mol. The quantitative estimate of drug-likeness (QED) is 0.826. The van der Waals surface area contributed by atoms with Gasteiger partial charge in [-0.2, -0.15) is 0 Å². The molecule has 0 radical (unpaired) electrons. The Morgan fingerprint density at radius 1 is 1.06 bits per heavy atom. The van der Waals surface area contributed by atoms with Gasteiger partial charge >= 0.3 is 0 Å². The van der Waals surface area contributed by atoms with Crippen LogP contribution in [0.5, 0.6) is 0 Å². The molecule has 90 valence electrons. The van der Waals surface area contributed by atoms with Crippen molar-refractivity contribution in [3.05, 3.63) is 35.9 Å². The van der Waals surface area contributed by atoms with Gasteiger partial charge in [-0.1, -0.05) is 36.8 Å². The summed E-state index contributed by atoms with van der Waals surface area (Å²) in [6.07, 6.45) is 6.31. The summed E-state index contributed by atoms with van der Waals surface area (Å²) in [6, 6.07) is 11.5. The molecule has 2 aliphatic rings. The second kappa shape index (κ2) is 4.91. The molecule has 17 heavy (non-hydrogen) atoms. The summed E-state index contributed by atoms with van der Waals surface area (Å²) in [5.74, 6) is 1.97. The van der Waals surface area contributed by atoms with Crippen LogP contribution >= 0.6 is 0 Å². The Hall–Kier alpha value is -1.31. The maximum atomic E-state index is 4.64. The van der Waals surface area contributed by atoms with Crippen molar-refractivity contribution in [2.75, 3.05) is 6.54 Å². The van der Waals surface area contributed by atoms with E-state index in [9.17, 15) is 0 Å². The summed E-state index contributed by atoms with van der Waals surface area (Å²) in [6.45, 7) is 1.02. The molecule has 1 fully saturated rings.